The zero-order valence-electron chi connectivity index (χ0n) is 12.4. The highest BCUT2D eigenvalue weighted by atomic mass is 19.1. The lowest BCUT2D eigenvalue weighted by Gasteiger charge is -2.32. The Hall–Kier alpha value is -1.84. The van der Waals surface area contributed by atoms with Gasteiger partial charge in [-0.05, 0) is 13.8 Å². The highest BCUT2D eigenvalue weighted by molar-refractivity contribution is 5.76. The minimum Gasteiger partial charge on any atom is -0.479 e. The molecule has 0 amide bonds. The van der Waals surface area contributed by atoms with Gasteiger partial charge in [-0.15, -0.1) is 0 Å². The Morgan fingerprint density at radius 1 is 1.41 bits per heavy atom. The maximum Gasteiger partial charge on any atom is 0.245 e. The summed E-state index contributed by atoms with van der Waals surface area (Å²) in [4.78, 5) is 12.1. The van der Waals surface area contributed by atoms with E-state index in [1.807, 2.05) is 0 Å². The van der Waals surface area contributed by atoms with Crippen LogP contribution in [-0.4, -0.2) is 60.8 Å². The molecule has 2 aromatic heterocycles. The lowest BCUT2D eigenvalue weighted by Crippen LogP contribution is -2.51. The number of aliphatic hydroxyl groups is 2. The van der Waals surface area contributed by atoms with Crippen LogP contribution in [0.2, 0.25) is 0 Å². The number of hydrogen-bond acceptors (Lipinski definition) is 7. The van der Waals surface area contributed by atoms with E-state index in [9.17, 15) is 10.2 Å². The highest BCUT2D eigenvalue weighted by Crippen LogP contribution is 2.48. The summed E-state index contributed by atoms with van der Waals surface area (Å²) < 4.78 is 27.1. The quantitative estimate of drug-likeness (QED) is 0.834. The lowest BCUT2D eigenvalue weighted by atomic mass is 9.85. The van der Waals surface area contributed by atoms with E-state index in [-0.39, 0.29) is 5.88 Å². The first-order valence-corrected chi connectivity index (χ1v) is 6.73. The van der Waals surface area contributed by atoms with Crippen LogP contribution in [0.4, 0.5) is 4.39 Å². The van der Waals surface area contributed by atoms with E-state index in [0.717, 1.165) is 0 Å². The van der Waals surface area contributed by atoms with Crippen molar-refractivity contribution in [2.45, 2.75) is 37.4 Å². The van der Waals surface area contributed by atoms with Gasteiger partial charge in [-0.3, -0.25) is 4.57 Å². The zero-order chi connectivity index (χ0) is 16.1. The fourth-order valence-electron chi connectivity index (χ4n) is 2.68. The van der Waals surface area contributed by atoms with Crippen LogP contribution in [0.3, 0.4) is 0 Å². The van der Waals surface area contributed by atoms with E-state index in [0.29, 0.717) is 11.2 Å². The average molecular weight is 312 g/mol. The Bertz CT molecular complexity index is 702. The van der Waals surface area contributed by atoms with Gasteiger partial charge in [0, 0.05) is 0 Å². The SMILES string of the molecule is COc1ncnc2c1ncn2C1O[C@H](CO)C(C)(O)[C@@]1(C)F. The third kappa shape index (κ3) is 1.82. The molecule has 22 heavy (non-hydrogen) atoms. The summed E-state index contributed by atoms with van der Waals surface area (Å²) in [5.41, 5.74) is -3.35. The predicted octanol–water partition coefficient (Wildman–Crippen LogP) is 0.204. The zero-order valence-corrected chi connectivity index (χ0v) is 12.4. The standard InChI is InChI=1S/C13H17FN4O4/c1-12(14)11(22-7(4-19)13(12,2)20)18-6-17-8-9(18)15-5-16-10(8)21-3/h5-7,11,19-20H,4H2,1-3H3/t7-,11?,12+,13?/m1/s1. The van der Waals surface area contributed by atoms with Crippen molar-refractivity contribution in [3.05, 3.63) is 12.7 Å². The van der Waals surface area contributed by atoms with Crippen molar-refractivity contribution in [3.8, 4) is 5.88 Å². The van der Waals surface area contributed by atoms with Crippen molar-refractivity contribution in [1.82, 2.24) is 19.5 Å². The smallest absolute Gasteiger partial charge is 0.245 e. The largest absolute Gasteiger partial charge is 0.479 e. The normalized spacial score (nSPS) is 35.2. The lowest BCUT2D eigenvalue weighted by molar-refractivity contribution is -0.0891. The molecule has 0 radical (unpaired) electrons. The van der Waals surface area contributed by atoms with Gasteiger partial charge in [-0.25, -0.2) is 14.4 Å². The van der Waals surface area contributed by atoms with Gasteiger partial charge < -0.3 is 19.7 Å². The van der Waals surface area contributed by atoms with Crippen LogP contribution >= 0.6 is 0 Å². The Labute approximate surface area is 125 Å². The Morgan fingerprint density at radius 2 is 2.14 bits per heavy atom. The van der Waals surface area contributed by atoms with E-state index in [1.165, 1.54) is 38.2 Å². The Balaban J connectivity index is 2.12. The molecule has 1 saturated heterocycles. The molecule has 0 aliphatic carbocycles. The maximum absolute atomic E-state index is 15.2. The summed E-state index contributed by atoms with van der Waals surface area (Å²) in [5, 5.41) is 19.7. The van der Waals surface area contributed by atoms with Crippen LogP contribution < -0.4 is 4.74 Å². The number of methoxy groups -OCH3 is 1. The fourth-order valence-corrected chi connectivity index (χ4v) is 2.68. The molecule has 2 aromatic rings. The molecule has 2 unspecified atom stereocenters. The van der Waals surface area contributed by atoms with Gasteiger partial charge in [-0.1, -0.05) is 0 Å². The second-order valence-electron chi connectivity index (χ2n) is 5.59. The minimum atomic E-state index is -2.16. The van der Waals surface area contributed by atoms with Crippen molar-refractivity contribution in [1.29, 1.82) is 0 Å². The van der Waals surface area contributed by atoms with Crippen LogP contribution in [0.25, 0.3) is 11.2 Å². The number of ether oxygens (including phenoxy) is 2. The molecule has 9 heteroatoms. The van der Waals surface area contributed by atoms with Gasteiger partial charge in [0.25, 0.3) is 0 Å². The van der Waals surface area contributed by atoms with E-state index in [4.69, 9.17) is 9.47 Å². The molecule has 2 N–H and O–H groups in total. The monoisotopic (exact) mass is 312 g/mol. The number of halogens is 1. The first kappa shape index (κ1) is 15.1. The number of nitrogens with zero attached hydrogens (tertiary/aromatic N) is 4. The van der Waals surface area contributed by atoms with Crippen molar-refractivity contribution in [3.63, 3.8) is 0 Å². The van der Waals surface area contributed by atoms with E-state index in [2.05, 4.69) is 15.0 Å². The first-order valence-electron chi connectivity index (χ1n) is 6.73. The maximum atomic E-state index is 15.2. The van der Waals surface area contributed by atoms with Gasteiger partial charge in [-0.2, -0.15) is 4.98 Å². The van der Waals surface area contributed by atoms with Crippen molar-refractivity contribution >= 4 is 11.2 Å². The molecule has 120 valence electrons. The van der Waals surface area contributed by atoms with Crippen LogP contribution in [0.15, 0.2) is 12.7 Å². The molecular weight excluding hydrogens is 295 g/mol. The molecule has 4 atom stereocenters. The number of fused-ring (bicyclic) bond motifs is 1. The molecule has 3 heterocycles. The fraction of sp³-hybridized carbons (Fsp3) is 0.615. The van der Waals surface area contributed by atoms with E-state index < -0.39 is 30.2 Å². The molecule has 1 fully saturated rings. The van der Waals surface area contributed by atoms with Crippen molar-refractivity contribution in [2.75, 3.05) is 13.7 Å². The number of rotatable bonds is 3. The molecule has 1 aliphatic rings. The van der Waals surface area contributed by atoms with Gasteiger partial charge in [0.1, 0.15) is 18.0 Å². The van der Waals surface area contributed by atoms with Gasteiger partial charge >= 0.3 is 0 Å². The predicted molar refractivity (Wildman–Crippen MR) is 73.0 cm³/mol. The van der Waals surface area contributed by atoms with E-state index >= 15 is 4.39 Å². The second-order valence-corrected chi connectivity index (χ2v) is 5.59. The number of hydrogen-bond donors (Lipinski definition) is 2. The topological polar surface area (TPSA) is 103 Å². The number of aliphatic hydroxyl groups excluding tert-OH is 1. The minimum absolute atomic E-state index is 0.257. The van der Waals surface area contributed by atoms with Gasteiger partial charge in [0.2, 0.25) is 5.88 Å². The summed E-state index contributed by atoms with van der Waals surface area (Å²) >= 11 is 0. The second kappa shape index (κ2) is 4.83. The van der Waals surface area contributed by atoms with Crippen LogP contribution in [0.1, 0.15) is 20.1 Å². The number of imidazole rings is 1. The van der Waals surface area contributed by atoms with Crippen LogP contribution in [-0.2, 0) is 4.74 Å². The third-order valence-electron chi connectivity index (χ3n) is 4.31. The van der Waals surface area contributed by atoms with Gasteiger partial charge in [0.05, 0.1) is 20.0 Å². The average Bonchev–Trinajstić information content (AvgIpc) is 2.97. The molecule has 3 rings (SSSR count). The third-order valence-corrected chi connectivity index (χ3v) is 4.31. The molecule has 0 spiro atoms. The molecule has 8 nitrogen and oxygen atoms in total. The van der Waals surface area contributed by atoms with Crippen LogP contribution in [0.5, 0.6) is 5.88 Å². The number of aromatic nitrogens is 4. The van der Waals surface area contributed by atoms with Crippen LogP contribution in [0, 0.1) is 0 Å². The van der Waals surface area contributed by atoms with Crippen molar-refractivity contribution in [2.24, 2.45) is 0 Å². The molecule has 0 aromatic carbocycles. The van der Waals surface area contributed by atoms with E-state index in [1.54, 1.807) is 0 Å². The number of alkyl halides is 1. The summed E-state index contributed by atoms with van der Waals surface area (Å²) in [6, 6.07) is 0. The Kier molecular flexibility index (Phi) is 3.31. The van der Waals surface area contributed by atoms with Gasteiger partial charge in [0.15, 0.2) is 23.1 Å². The first-order chi connectivity index (χ1) is 10.3. The molecule has 0 saturated carbocycles. The summed E-state index contributed by atoms with van der Waals surface area (Å²) in [7, 11) is 1.44. The molecule has 1 aliphatic heterocycles. The Morgan fingerprint density at radius 3 is 2.73 bits per heavy atom. The summed E-state index contributed by atoms with van der Waals surface area (Å²) in [6.45, 7) is 2.01. The van der Waals surface area contributed by atoms with Crippen molar-refractivity contribution < 1.29 is 24.1 Å². The molecule has 0 bridgehead atoms. The summed E-state index contributed by atoms with van der Waals surface area (Å²) in [5.74, 6) is 0.257. The molecular formula is C13H17FN4O4. The summed E-state index contributed by atoms with van der Waals surface area (Å²) in [6.07, 6.45) is 0.365. The highest BCUT2D eigenvalue weighted by Gasteiger charge is 2.63.